The summed E-state index contributed by atoms with van der Waals surface area (Å²) in [5, 5.41) is 9.79. The second-order valence-corrected chi connectivity index (χ2v) is 5.29. The third kappa shape index (κ3) is 1.42. The van der Waals surface area contributed by atoms with Gasteiger partial charge in [0, 0.05) is 0 Å². The van der Waals surface area contributed by atoms with Crippen molar-refractivity contribution in [3.63, 3.8) is 0 Å². The largest absolute Gasteiger partial charge is 0.525 e. The lowest BCUT2D eigenvalue weighted by molar-refractivity contribution is -0.722. The fourth-order valence-electron chi connectivity index (χ4n) is 3.08. The van der Waals surface area contributed by atoms with Gasteiger partial charge in [-0.2, -0.15) is 9.79 Å². The molecule has 0 saturated carbocycles. The summed E-state index contributed by atoms with van der Waals surface area (Å²) in [7, 11) is 0. The Balaban J connectivity index is 2.12. The molecule has 1 atom stereocenters. The molecule has 1 N–H and O–H groups in total. The number of benzene rings is 1. The lowest BCUT2D eigenvalue weighted by atomic mass is 10.1. The summed E-state index contributed by atoms with van der Waals surface area (Å²) >= 11 is 0. The Labute approximate surface area is 120 Å². The Hall–Kier alpha value is -2.73. The van der Waals surface area contributed by atoms with E-state index in [4.69, 9.17) is 0 Å². The van der Waals surface area contributed by atoms with Gasteiger partial charge in [-0.25, -0.2) is 4.98 Å². The van der Waals surface area contributed by atoms with E-state index in [9.17, 15) is 9.90 Å². The zero-order chi connectivity index (χ0) is 14.6. The number of hydrogen-bond acceptors (Lipinski definition) is 3. The van der Waals surface area contributed by atoms with Gasteiger partial charge in [-0.1, -0.05) is 12.1 Å². The number of aryl methyl sites for hydroxylation is 1. The maximum absolute atomic E-state index is 11.9. The minimum Gasteiger partial charge on any atom is -0.435 e. The van der Waals surface area contributed by atoms with E-state index in [0.717, 1.165) is 22.5 Å². The number of amidine groups is 1. The van der Waals surface area contributed by atoms with Crippen LogP contribution in [0.25, 0.3) is 5.69 Å². The van der Waals surface area contributed by atoms with E-state index in [1.807, 2.05) is 29.7 Å². The van der Waals surface area contributed by atoms with Crippen molar-refractivity contribution in [2.75, 3.05) is 0 Å². The van der Waals surface area contributed by atoms with E-state index in [1.165, 1.54) is 0 Å². The fourth-order valence-corrected chi connectivity index (χ4v) is 3.08. The van der Waals surface area contributed by atoms with E-state index >= 15 is 0 Å². The number of hydrogen-bond donors (Lipinski definition) is 1. The minimum absolute atomic E-state index is 0.290. The van der Waals surface area contributed by atoms with Crippen molar-refractivity contribution < 1.29 is 14.4 Å². The molecule has 3 heterocycles. The number of nitrogens with zero attached hydrogens (tertiary/aromatic N) is 4. The predicted octanol–water partition coefficient (Wildman–Crippen LogP) is 2.42. The predicted molar refractivity (Wildman–Crippen MR) is 76.0 cm³/mol. The number of rotatable bonds is 0. The quantitative estimate of drug-likeness (QED) is 0.754. The van der Waals surface area contributed by atoms with Gasteiger partial charge in [0.25, 0.3) is 5.84 Å². The maximum atomic E-state index is 11.9. The topological polar surface area (TPSA) is 67.5 Å². The molecule has 6 heteroatoms. The van der Waals surface area contributed by atoms with Crippen LogP contribution in [0, 0.1) is 6.92 Å². The number of amides is 1. The van der Waals surface area contributed by atoms with Gasteiger partial charge in [0.15, 0.2) is 0 Å². The second kappa shape index (κ2) is 3.89. The Bertz CT molecular complexity index is 834. The third-order valence-corrected chi connectivity index (χ3v) is 4.08. The summed E-state index contributed by atoms with van der Waals surface area (Å²) in [6.07, 6.45) is 5.69. The lowest BCUT2D eigenvalue weighted by Gasteiger charge is -2.23. The SMILES string of the molecule is Cc1cccc2c1-n1cncc1C[N+]1(C(=O)O)C=CN=C21. The summed E-state index contributed by atoms with van der Waals surface area (Å²) < 4.78 is 1.64. The highest BCUT2D eigenvalue weighted by Crippen LogP contribution is 2.34. The molecule has 1 amide bonds. The molecule has 0 radical (unpaired) electrons. The average molecular weight is 281 g/mol. The molecule has 1 aromatic carbocycles. The molecular weight excluding hydrogens is 268 g/mol. The molecule has 2 aromatic rings. The monoisotopic (exact) mass is 281 g/mol. The van der Waals surface area contributed by atoms with Gasteiger partial charge in [0.1, 0.15) is 12.7 Å². The molecule has 6 nitrogen and oxygen atoms in total. The van der Waals surface area contributed by atoms with Gasteiger partial charge in [-0.3, -0.25) is 4.57 Å². The van der Waals surface area contributed by atoms with E-state index in [0.29, 0.717) is 12.4 Å². The molecule has 2 aliphatic rings. The molecule has 0 bridgehead atoms. The molecule has 4 rings (SSSR count). The Morgan fingerprint density at radius 1 is 1.43 bits per heavy atom. The summed E-state index contributed by atoms with van der Waals surface area (Å²) in [6.45, 7) is 2.30. The first kappa shape index (κ1) is 12.0. The van der Waals surface area contributed by atoms with E-state index in [2.05, 4.69) is 9.98 Å². The van der Waals surface area contributed by atoms with Crippen LogP contribution in [0.1, 0.15) is 16.8 Å². The Morgan fingerprint density at radius 2 is 2.29 bits per heavy atom. The zero-order valence-electron chi connectivity index (χ0n) is 11.4. The summed E-state index contributed by atoms with van der Waals surface area (Å²) in [6, 6.07) is 5.85. The summed E-state index contributed by atoms with van der Waals surface area (Å²) in [5.74, 6) is 0.546. The van der Waals surface area contributed by atoms with Crippen molar-refractivity contribution in [1.82, 2.24) is 9.55 Å². The molecule has 1 unspecified atom stereocenters. The van der Waals surface area contributed by atoms with Gasteiger partial charge >= 0.3 is 6.09 Å². The van der Waals surface area contributed by atoms with Crippen molar-refractivity contribution in [2.45, 2.75) is 13.5 Å². The highest BCUT2D eigenvalue weighted by molar-refractivity contribution is 6.03. The second-order valence-electron chi connectivity index (χ2n) is 5.29. The molecule has 1 aromatic heterocycles. The summed E-state index contributed by atoms with van der Waals surface area (Å²) in [4.78, 5) is 20.5. The average Bonchev–Trinajstić information content (AvgIpc) is 3.05. The van der Waals surface area contributed by atoms with Crippen LogP contribution in [-0.4, -0.2) is 31.1 Å². The lowest BCUT2D eigenvalue weighted by Crippen LogP contribution is -2.49. The van der Waals surface area contributed by atoms with Crippen LogP contribution in [0.2, 0.25) is 0 Å². The van der Waals surface area contributed by atoms with E-state index in [-0.39, 0.29) is 4.48 Å². The van der Waals surface area contributed by atoms with Crippen LogP contribution in [-0.2, 0) is 6.54 Å². The number of carboxylic acid groups (broad SMARTS) is 1. The van der Waals surface area contributed by atoms with Gasteiger partial charge in [0.05, 0.1) is 35.7 Å². The first-order valence-electron chi connectivity index (χ1n) is 6.62. The highest BCUT2D eigenvalue weighted by Gasteiger charge is 2.48. The van der Waals surface area contributed by atoms with Crippen molar-refractivity contribution >= 4 is 11.9 Å². The number of aromatic nitrogens is 2. The molecular formula is C15H13N4O2+. The Kier molecular flexibility index (Phi) is 2.23. The Morgan fingerprint density at radius 3 is 3.10 bits per heavy atom. The van der Waals surface area contributed by atoms with Crippen molar-refractivity contribution in [3.8, 4) is 5.69 Å². The number of quaternary nitrogens is 1. The van der Waals surface area contributed by atoms with Crippen molar-refractivity contribution in [3.05, 3.63) is 59.9 Å². The van der Waals surface area contributed by atoms with E-state index in [1.54, 1.807) is 24.9 Å². The van der Waals surface area contributed by atoms with Crippen LogP contribution in [0.4, 0.5) is 4.79 Å². The van der Waals surface area contributed by atoms with Gasteiger partial charge in [0.2, 0.25) is 0 Å². The van der Waals surface area contributed by atoms with Crippen LogP contribution in [0.15, 0.2) is 48.1 Å². The standard InChI is InChI=1S/C15H12N4O2/c1-10-3-2-4-12-13(10)18-9-16-7-11(18)8-19(15(20)21)6-5-17-14(12)19/h2-7,9H,8H2,1H3/p+1. The molecule has 0 saturated heterocycles. The van der Waals surface area contributed by atoms with Crippen LogP contribution < -0.4 is 0 Å². The summed E-state index contributed by atoms with van der Waals surface area (Å²) in [5.41, 5.74) is 3.70. The third-order valence-electron chi connectivity index (χ3n) is 4.08. The van der Waals surface area contributed by atoms with Crippen molar-refractivity contribution in [1.29, 1.82) is 0 Å². The molecule has 0 aliphatic carbocycles. The number of carbonyl (C=O) groups is 1. The molecule has 2 aliphatic heterocycles. The zero-order valence-corrected chi connectivity index (χ0v) is 11.4. The van der Waals surface area contributed by atoms with Gasteiger partial charge in [-0.15, -0.1) is 4.48 Å². The first-order valence-corrected chi connectivity index (χ1v) is 6.62. The van der Waals surface area contributed by atoms with Crippen molar-refractivity contribution in [2.24, 2.45) is 4.99 Å². The number of para-hydroxylation sites is 1. The maximum Gasteiger partial charge on any atom is 0.525 e. The normalized spacial score (nSPS) is 22.0. The van der Waals surface area contributed by atoms with Crippen LogP contribution >= 0.6 is 0 Å². The van der Waals surface area contributed by atoms with Crippen LogP contribution in [0.5, 0.6) is 0 Å². The van der Waals surface area contributed by atoms with E-state index < -0.39 is 6.09 Å². The molecule has 0 fully saturated rings. The fraction of sp³-hybridized carbons (Fsp3) is 0.133. The van der Waals surface area contributed by atoms with Gasteiger partial charge < -0.3 is 5.11 Å². The number of fused-ring (bicyclic) bond motifs is 5. The number of aliphatic imine (C=N–C) groups is 1. The highest BCUT2D eigenvalue weighted by atomic mass is 16.4. The van der Waals surface area contributed by atoms with Crippen LogP contribution in [0.3, 0.4) is 0 Å². The minimum atomic E-state index is -0.940. The molecule has 0 spiro atoms. The molecule has 104 valence electrons. The number of imidazole rings is 1. The molecule has 21 heavy (non-hydrogen) atoms. The van der Waals surface area contributed by atoms with Gasteiger partial charge in [-0.05, 0) is 18.6 Å². The first-order chi connectivity index (χ1) is 10.1. The smallest absolute Gasteiger partial charge is 0.435 e.